The summed E-state index contributed by atoms with van der Waals surface area (Å²) < 4.78 is 0. The summed E-state index contributed by atoms with van der Waals surface area (Å²) >= 11 is 0. The highest BCUT2D eigenvalue weighted by atomic mass is 16.2. The molecule has 0 bridgehead atoms. The monoisotopic (exact) mass is 268 g/mol. The predicted octanol–water partition coefficient (Wildman–Crippen LogP) is 3.86. The van der Waals surface area contributed by atoms with E-state index in [9.17, 15) is 4.79 Å². The second-order valence-electron chi connectivity index (χ2n) is 4.80. The molecule has 2 aromatic carbocycles. The summed E-state index contributed by atoms with van der Waals surface area (Å²) in [5, 5.41) is 0. The summed E-state index contributed by atoms with van der Waals surface area (Å²) in [6, 6.07) is 18.1. The van der Waals surface area contributed by atoms with Gasteiger partial charge in [-0.2, -0.15) is 0 Å². The summed E-state index contributed by atoms with van der Waals surface area (Å²) in [4.78, 5) is 15.7. The minimum absolute atomic E-state index is 0.00381. The van der Waals surface area contributed by atoms with Crippen LogP contribution < -0.4 is 4.90 Å². The molecule has 3 nitrogen and oxygen atoms in total. The van der Waals surface area contributed by atoms with Crippen LogP contribution >= 0.6 is 0 Å². The van der Waals surface area contributed by atoms with Gasteiger partial charge in [0.1, 0.15) is 0 Å². The highest BCUT2D eigenvalue weighted by molar-refractivity contribution is 5.96. The van der Waals surface area contributed by atoms with Gasteiger partial charge in [-0.3, -0.25) is 4.90 Å². The van der Waals surface area contributed by atoms with Crippen molar-refractivity contribution in [3.63, 3.8) is 0 Å². The molecule has 0 aliphatic carbocycles. The zero-order valence-corrected chi connectivity index (χ0v) is 12.2. The standard InChI is InChI=1S/C17H20N2O/c1-4-19(17(20)18(2)3)16-13-9-8-12-15(16)14-10-6-5-7-11-14/h5-13H,4H2,1-3H3. The smallest absolute Gasteiger partial charge is 0.323 e. The molecule has 2 amide bonds. The Hall–Kier alpha value is -2.29. The molecular formula is C17H20N2O. The quantitative estimate of drug-likeness (QED) is 0.829. The second-order valence-corrected chi connectivity index (χ2v) is 4.80. The third-order valence-corrected chi connectivity index (χ3v) is 3.21. The summed E-state index contributed by atoms with van der Waals surface area (Å²) in [6.45, 7) is 2.63. The molecule has 0 saturated heterocycles. The van der Waals surface area contributed by atoms with Gasteiger partial charge < -0.3 is 4.90 Å². The molecular weight excluding hydrogens is 248 g/mol. The lowest BCUT2D eigenvalue weighted by atomic mass is 10.0. The van der Waals surface area contributed by atoms with E-state index in [0.717, 1.165) is 16.8 Å². The van der Waals surface area contributed by atoms with E-state index in [-0.39, 0.29) is 6.03 Å². The maximum atomic E-state index is 12.3. The van der Waals surface area contributed by atoms with Crippen LogP contribution in [0.25, 0.3) is 11.1 Å². The molecule has 0 heterocycles. The summed E-state index contributed by atoms with van der Waals surface area (Å²) in [5.41, 5.74) is 3.14. The second kappa shape index (κ2) is 6.24. The lowest BCUT2D eigenvalue weighted by Crippen LogP contribution is -2.39. The molecule has 104 valence electrons. The van der Waals surface area contributed by atoms with Crippen LogP contribution in [0, 0.1) is 0 Å². The van der Waals surface area contributed by atoms with Crippen LogP contribution in [0.1, 0.15) is 6.92 Å². The van der Waals surface area contributed by atoms with Crippen LogP contribution in [0.4, 0.5) is 10.5 Å². The van der Waals surface area contributed by atoms with Crippen molar-refractivity contribution in [2.75, 3.05) is 25.5 Å². The molecule has 0 fully saturated rings. The number of hydrogen-bond acceptors (Lipinski definition) is 1. The number of benzene rings is 2. The van der Waals surface area contributed by atoms with Crippen molar-refractivity contribution in [2.45, 2.75) is 6.92 Å². The molecule has 0 radical (unpaired) electrons. The van der Waals surface area contributed by atoms with Gasteiger partial charge in [-0.15, -0.1) is 0 Å². The highest BCUT2D eigenvalue weighted by Gasteiger charge is 2.18. The molecule has 0 aliphatic heterocycles. The largest absolute Gasteiger partial charge is 0.330 e. The topological polar surface area (TPSA) is 23.6 Å². The molecule has 0 spiro atoms. The van der Waals surface area contributed by atoms with E-state index in [1.807, 2.05) is 43.3 Å². The number of para-hydroxylation sites is 1. The van der Waals surface area contributed by atoms with Crippen molar-refractivity contribution < 1.29 is 4.79 Å². The third-order valence-electron chi connectivity index (χ3n) is 3.21. The van der Waals surface area contributed by atoms with Crippen LogP contribution in [0.3, 0.4) is 0 Å². The Morgan fingerprint density at radius 2 is 1.55 bits per heavy atom. The fourth-order valence-corrected chi connectivity index (χ4v) is 2.22. The zero-order valence-electron chi connectivity index (χ0n) is 12.2. The fourth-order valence-electron chi connectivity index (χ4n) is 2.22. The lowest BCUT2D eigenvalue weighted by molar-refractivity contribution is 0.224. The number of nitrogens with zero attached hydrogens (tertiary/aromatic N) is 2. The number of hydrogen-bond donors (Lipinski definition) is 0. The average Bonchev–Trinajstić information content (AvgIpc) is 2.49. The molecule has 0 aromatic heterocycles. The molecule has 0 aliphatic rings. The molecule has 20 heavy (non-hydrogen) atoms. The van der Waals surface area contributed by atoms with Gasteiger partial charge in [-0.05, 0) is 18.6 Å². The van der Waals surface area contributed by atoms with E-state index in [1.165, 1.54) is 0 Å². The number of carbonyl (C=O) groups is 1. The van der Waals surface area contributed by atoms with Gasteiger partial charge in [0, 0.05) is 26.2 Å². The molecule has 0 saturated carbocycles. The van der Waals surface area contributed by atoms with Gasteiger partial charge in [-0.25, -0.2) is 4.79 Å². The minimum atomic E-state index is -0.00381. The third kappa shape index (κ3) is 2.82. The molecule has 0 N–H and O–H groups in total. The van der Waals surface area contributed by atoms with Crippen LogP contribution in [-0.4, -0.2) is 31.6 Å². The average molecular weight is 268 g/mol. The van der Waals surface area contributed by atoms with E-state index in [2.05, 4.69) is 18.2 Å². The number of urea groups is 1. The first-order chi connectivity index (χ1) is 9.65. The lowest BCUT2D eigenvalue weighted by Gasteiger charge is -2.27. The molecule has 2 aromatic rings. The van der Waals surface area contributed by atoms with E-state index >= 15 is 0 Å². The molecule has 3 heteroatoms. The van der Waals surface area contributed by atoms with Crippen molar-refractivity contribution in [3.05, 3.63) is 54.6 Å². The summed E-state index contributed by atoms with van der Waals surface area (Å²) in [7, 11) is 3.55. The van der Waals surface area contributed by atoms with Crippen molar-refractivity contribution in [1.29, 1.82) is 0 Å². The molecule has 0 atom stereocenters. The number of rotatable bonds is 3. The SMILES string of the molecule is CCN(C(=O)N(C)C)c1ccccc1-c1ccccc1. The first-order valence-corrected chi connectivity index (χ1v) is 6.78. The Labute approximate surface area is 120 Å². The Morgan fingerprint density at radius 3 is 2.15 bits per heavy atom. The Kier molecular flexibility index (Phi) is 4.41. The predicted molar refractivity (Wildman–Crippen MR) is 84.0 cm³/mol. The maximum absolute atomic E-state index is 12.3. The van der Waals surface area contributed by atoms with Gasteiger partial charge in [0.05, 0.1) is 5.69 Å². The highest BCUT2D eigenvalue weighted by Crippen LogP contribution is 2.30. The molecule has 0 unspecified atom stereocenters. The maximum Gasteiger partial charge on any atom is 0.323 e. The van der Waals surface area contributed by atoms with Crippen LogP contribution in [0.5, 0.6) is 0 Å². The van der Waals surface area contributed by atoms with Gasteiger partial charge in [0.25, 0.3) is 0 Å². The first kappa shape index (κ1) is 14.1. The summed E-state index contributed by atoms with van der Waals surface area (Å²) in [5.74, 6) is 0. The van der Waals surface area contributed by atoms with E-state index in [1.54, 1.807) is 23.9 Å². The summed E-state index contributed by atoms with van der Waals surface area (Å²) in [6.07, 6.45) is 0. The van der Waals surface area contributed by atoms with Crippen molar-refractivity contribution in [2.24, 2.45) is 0 Å². The van der Waals surface area contributed by atoms with Crippen molar-refractivity contribution >= 4 is 11.7 Å². The van der Waals surface area contributed by atoms with Crippen LogP contribution in [0.15, 0.2) is 54.6 Å². The van der Waals surface area contributed by atoms with E-state index in [4.69, 9.17) is 0 Å². The normalized spacial score (nSPS) is 10.2. The van der Waals surface area contributed by atoms with Crippen molar-refractivity contribution in [1.82, 2.24) is 4.90 Å². The van der Waals surface area contributed by atoms with Crippen molar-refractivity contribution in [3.8, 4) is 11.1 Å². The van der Waals surface area contributed by atoms with Crippen LogP contribution in [-0.2, 0) is 0 Å². The Balaban J connectivity index is 2.49. The van der Waals surface area contributed by atoms with Gasteiger partial charge in [0.2, 0.25) is 0 Å². The molecule has 2 rings (SSSR count). The fraction of sp³-hybridized carbons (Fsp3) is 0.235. The Bertz CT molecular complexity index is 579. The Morgan fingerprint density at radius 1 is 0.950 bits per heavy atom. The van der Waals surface area contributed by atoms with Crippen LogP contribution in [0.2, 0.25) is 0 Å². The number of carbonyl (C=O) groups excluding carboxylic acids is 1. The first-order valence-electron chi connectivity index (χ1n) is 6.78. The van der Waals surface area contributed by atoms with Gasteiger partial charge in [-0.1, -0.05) is 48.5 Å². The van der Waals surface area contributed by atoms with E-state index in [0.29, 0.717) is 6.54 Å². The zero-order chi connectivity index (χ0) is 14.5. The van der Waals surface area contributed by atoms with Gasteiger partial charge >= 0.3 is 6.03 Å². The number of amides is 2. The minimum Gasteiger partial charge on any atom is -0.330 e. The number of anilines is 1. The van der Waals surface area contributed by atoms with E-state index < -0.39 is 0 Å². The van der Waals surface area contributed by atoms with Gasteiger partial charge in [0.15, 0.2) is 0 Å².